The summed E-state index contributed by atoms with van der Waals surface area (Å²) in [4.78, 5) is 24.0. The number of carbonyl (C=O) groups is 2. The number of hydrogen-bond acceptors (Lipinski definition) is 2. The number of halogens is 2. The molecule has 6 heteroatoms. The smallest absolute Gasteiger partial charge is 0.244 e. The molecule has 2 amide bonds. The van der Waals surface area contributed by atoms with Gasteiger partial charge in [-0.05, 0) is 36.3 Å². The molecule has 0 fully saturated rings. The zero-order valence-corrected chi connectivity index (χ0v) is 15.1. The second-order valence-corrected chi connectivity index (χ2v) is 6.27. The highest BCUT2D eigenvalue weighted by atomic mass is 35.5. The second-order valence-electron chi connectivity index (χ2n) is 5.43. The molecule has 130 valence electrons. The zero-order chi connectivity index (χ0) is 18.2. The van der Waals surface area contributed by atoms with Gasteiger partial charge in [-0.2, -0.15) is 0 Å². The Morgan fingerprint density at radius 2 is 1.84 bits per heavy atom. The Morgan fingerprint density at radius 1 is 1.12 bits per heavy atom. The lowest BCUT2D eigenvalue weighted by molar-refractivity contribution is -0.126. The van der Waals surface area contributed by atoms with Crippen LogP contribution in [0.4, 0.5) is 0 Å². The van der Waals surface area contributed by atoms with Crippen LogP contribution in [0.15, 0.2) is 54.6 Å². The predicted octanol–water partition coefficient (Wildman–Crippen LogP) is 3.83. The fourth-order valence-electron chi connectivity index (χ4n) is 2.06. The Labute approximate surface area is 156 Å². The molecule has 0 aliphatic rings. The molecule has 2 aromatic carbocycles. The van der Waals surface area contributed by atoms with Crippen LogP contribution in [0.3, 0.4) is 0 Å². The first-order valence-corrected chi connectivity index (χ1v) is 8.46. The predicted molar refractivity (Wildman–Crippen MR) is 101 cm³/mol. The van der Waals surface area contributed by atoms with Crippen LogP contribution >= 0.6 is 23.2 Å². The van der Waals surface area contributed by atoms with Crippen molar-refractivity contribution in [3.63, 3.8) is 0 Å². The highest BCUT2D eigenvalue weighted by Crippen LogP contribution is 2.20. The van der Waals surface area contributed by atoms with Crippen LogP contribution in [0.25, 0.3) is 6.08 Å². The molecule has 0 saturated carbocycles. The third-order valence-corrected chi connectivity index (χ3v) is 4.03. The average Bonchev–Trinajstić information content (AvgIpc) is 2.60. The van der Waals surface area contributed by atoms with Crippen LogP contribution < -0.4 is 10.6 Å². The van der Waals surface area contributed by atoms with Crippen LogP contribution in [-0.2, 0) is 16.1 Å². The minimum Gasteiger partial charge on any atom is -0.350 e. The monoisotopic (exact) mass is 376 g/mol. The van der Waals surface area contributed by atoms with Gasteiger partial charge in [0.15, 0.2) is 0 Å². The Morgan fingerprint density at radius 3 is 2.52 bits per heavy atom. The van der Waals surface area contributed by atoms with Gasteiger partial charge >= 0.3 is 0 Å². The second kappa shape index (κ2) is 9.25. The summed E-state index contributed by atoms with van der Waals surface area (Å²) < 4.78 is 0. The summed E-state index contributed by atoms with van der Waals surface area (Å²) >= 11 is 11.9. The molecular weight excluding hydrogens is 359 g/mol. The number of benzene rings is 2. The minimum absolute atomic E-state index is 0.259. The first kappa shape index (κ1) is 19.0. The van der Waals surface area contributed by atoms with E-state index < -0.39 is 6.04 Å². The van der Waals surface area contributed by atoms with Crippen LogP contribution in [0.5, 0.6) is 0 Å². The molecule has 25 heavy (non-hydrogen) atoms. The average molecular weight is 377 g/mol. The molecule has 4 nitrogen and oxygen atoms in total. The molecular formula is C19H18Cl2N2O2. The van der Waals surface area contributed by atoms with E-state index in [2.05, 4.69) is 10.6 Å². The highest BCUT2D eigenvalue weighted by Gasteiger charge is 2.14. The summed E-state index contributed by atoms with van der Waals surface area (Å²) in [7, 11) is 0. The Hall–Kier alpha value is -2.30. The van der Waals surface area contributed by atoms with E-state index in [0.29, 0.717) is 10.0 Å². The van der Waals surface area contributed by atoms with Gasteiger partial charge in [-0.15, -0.1) is 0 Å². The van der Waals surface area contributed by atoms with E-state index in [0.717, 1.165) is 11.1 Å². The standard InChI is InChI=1S/C19H18Cl2N2O2/c1-13(23-18(24)10-7-14-5-3-2-4-6-14)19(25)22-12-15-8-9-16(20)11-17(15)21/h2-11,13H,12H2,1H3,(H,22,25)(H,23,24). The summed E-state index contributed by atoms with van der Waals surface area (Å²) in [6.45, 7) is 1.88. The molecule has 0 aliphatic heterocycles. The molecule has 1 unspecified atom stereocenters. The van der Waals surface area contributed by atoms with Gasteiger partial charge in [-0.1, -0.05) is 59.6 Å². The summed E-state index contributed by atoms with van der Waals surface area (Å²) in [5.41, 5.74) is 1.66. The Bertz CT molecular complexity index is 776. The van der Waals surface area contributed by atoms with Crippen molar-refractivity contribution in [2.75, 3.05) is 0 Å². The molecule has 2 N–H and O–H groups in total. The lowest BCUT2D eigenvalue weighted by Crippen LogP contribution is -2.44. The number of carbonyl (C=O) groups excluding carboxylic acids is 2. The third-order valence-electron chi connectivity index (χ3n) is 3.45. The summed E-state index contributed by atoms with van der Waals surface area (Å²) in [5, 5.41) is 6.37. The lowest BCUT2D eigenvalue weighted by Gasteiger charge is -2.13. The van der Waals surface area contributed by atoms with Gasteiger partial charge in [0, 0.05) is 22.7 Å². The fourth-order valence-corrected chi connectivity index (χ4v) is 2.54. The van der Waals surface area contributed by atoms with Crippen molar-refractivity contribution in [3.8, 4) is 0 Å². The summed E-state index contributed by atoms with van der Waals surface area (Å²) in [5.74, 6) is -0.636. The molecule has 2 rings (SSSR count). The van der Waals surface area contributed by atoms with E-state index in [1.54, 1.807) is 31.2 Å². The van der Waals surface area contributed by atoms with Crippen molar-refractivity contribution >= 4 is 41.1 Å². The molecule has 0 aliphatic carbocycles. The van der Waals surface area contributed by atoms with E-state index in [1.807, 2.05) is 30.3 Å². The van der Waals surface area contributed by atoms with Crippen molar-refractivity contribution in [1.82, 2.24) is 10.6 Å². The zero-order valence-electron chi connectivity index (χ0n) is 13.6. The maximum atomic E-state index is 12.1. The molecule has 0 bridgehead atoms. The minimum atomic E-state index is -0.668. The lowest BCUT2D eigenvalue weighted by atomic mass is 10.2. The van der Waals surface area contributed by atoms with Crippen molar-refractivity contribution in [2.45, 2.75) is 19.5 Å². The quantitative estimate of drug-likeness (QED) is 0.752. The molecule has 0 saturated heterocycles. The number of hydrogen-bond donors (Lipinski definition) is 2. The number of nitrogens with one attached hydrogen (secondary N) is 2. The van der Waals surface area contributed by atoms with Crippen molar-refractivity contribution in [1.29, 1.82) is 0 Å². The SMILES string of the molecule is CC(NC(=O)C=Cc1ccccc1)C(=O)NCc1ccc(Cl)cc1Cl. The Balaban J connectivity index is 1.83. The number of rotatable bonds is 6. The fraction of sp³-hybridized carbons (Fsp3) is 0.158. The van der Waals surface area contributed by atoms with Gasteiger partial charge in [-0.3, -0.25) is 9.59 Å². The largest absolute Gasteiger partial charge is 0.350 e. The topological polar surface area (TPSA) is 58.2 Å². The van der Waals surface area contributed by atoms with E-state index in [9.17, 15) is 9.59 Å². The highest BCUT2D eigenvalue weighted by molar-refractivity contribution is 6.35. The van der Waals surface area contributed by atoms with Gasteiger partial charge in [0.1, 0.15) is 6.04 Å². The van der Waals surface area contributed by atoms with Gasteiger partial charge in [0.05, 0.1) is 0 Å². The molecule has 0 radical (unpaired) electrons. The van der Waals surface area contributed by atoms with Crippen LogP contribution in [0.1, 0.15) is 18.1 Å². The first-order valence-electron chi connectivity index (χ1n) is 7.71. The van der Waals surface area contributed by atoms with Crippen LogP contribution in [0.2, 0.25) is 10.0 Å². The molecule has 0 aromatic heterocycles. The molecule has 1 atom stereocenters. The van der Waals surface area contributed by atoms with Crippen molar-refractivity contribution < 1.29 is 9.59 Å². The molecule has 0 spiro atoms. The number of amides is 2. The first-order chi connectivity index (χ1) is 12.0. The molecule has 2 aromatic rings. The van der Waals surface area contributed by atoms with Crippen molar-refractivity contribution in [3.05, 3.63) is 75.8 Å². The Kier molecular flexibility index (Phi) is 7.04. The summed E-state index contributed by atoms with van der Waals surface area (Å²) in [6, 6.07) is 13.8. The van der Waals surface area contributed by atoms with Gasteiger partial charge in [0.25, 0.3) is 0 Å². The van der Waals surface area contributed by atoms with E-state index in [-0.39, 0.29) is 18.4 Å². The van der Waals surface area contributed by atoms with Gasteiger partial charge in [0.2, 0.25) is 11.8 Å². The summed E-state index contributed by atoms with van der Waals surface area (Å²) in [6.07, 6.45) is 3.09. The maximum Gasteiger partial charge on any atom is 0.244 e. The molecule has 0 heterocycles. The van der Waals surface area contributed by atoms with E-state index >= 15 is 0 Å². The van der Waals surface area contributed by atoms with Gasteiger partial charge < -0.3 is 10.6 Å². The van der Waals surface area contributed by atoms with Crippen LogP contribution in [-0.4, -0.2) is 17.9 Å². The van der Waals surface area contributed by atoms with Gasteiger partial charge in [-0.25, -0.2) is 0 Å². The third kappa shape index (κ3) is 6.25. The van der Waals surface area contributed by atoms with E-state index in [4.69, 9.17) is 23.2 Å². The maximum absolute atomic E-state index is 12.1. The van der Waals surface area contributed by atoms with Crippen LogP contribution in [0, 0.1) is 0 Å². The normalized spacial score (nSPS) is 12.0. The van der Waals surface area contributed by atoms with E-state index in [1.165, 1.54) is 6.08 Å². The van der Waals surface area contributed by atoms with Crippen molar-refractivity contribution in [2.24, 2.45) is 0 Å².